The van der Waals surface area contributed by atoms with Gasteiger partial charge in [0.1, 0.15) is 11.8 Å². The van der Waals surface area contributed by atoms with E-state index in [0.29, 0.717) is 37.1 Å². The number of morpholine rings is 1. The molecule has 1 aromatic rings. The molecule has 1 aliphatic rings. The van der Waals surface area contributed by atoms with Crippen molar-refractivity contribution >= 4 is 33.2 Å². The molecule has 2 rings (SSSR count). The van der Waals surface area contributed by atoms with Gasteiger partial charge in [-0.2, -0.15) is 0 Å². The first-order valence-corrected chi connectivity index (χ1v) is 9.68. The number of nitrogens with zero attached hydrogens (tertiary/aromatic N) is 2. The van der Waals surface area contributed by atoms with Crippen molar-refractivity contribution in [1.29, 1.82) is 0 Å². The lowest BCUT2D eigenvalue weighted by Gasteiger charge is -2.34. The molecule has 0 spiro atoms. The van der Waals surface area contributed by atoms with Crippen molar-refractivity contribution in [3.05, 3.63) is 23.2 Å². The van der Waals surface area contributed by atoms with E-state index in [0.717, 1.165) is 10.6 Å². The Morgan fingerprint density at radius 3 is 2.54 bits per heavy atom. The first-order valence-electron chi connectivity index (χ1n) is 7.45. The number of ether oxygens (including phenoxy) is 2. The van der Waals surface area contributed by atoms with Crippen molar-refractivity contribution in [1.82, 2.24) is 4.90 Å². The van der Waals surface area contributed by atoms with Gasteiger partial charge in [0.05, 0.1) is 32.3 Å². The minimum absolute atomic E-state index is 0.238. The summed E-state index contributed by atoms with van der Waals surface area (Å²) in [6.07, 6.45) is 1.05. The Balaban J connectivity index is 2.42. The van der Waals surface area contributed by atoms with Crippen LogP contribution in [0.15, 0.2) is 18.2 Å². The van der Waals surface area contributed by atoms with Crippen LogP contribution in [0.3, 0.4) is 0 Å². The van der Waals surface area contributed by atoms with Crippen molar-refractivity contribution in [2.75, 3.05) is 44.0 Å². The number of hydrogen-bond acceptors (Lipinski definition) is 5. The second-order valence-corrected chi connectivity index (χ2v) is 7.78. The van der Waals surface area contributed by atoms with E-state index in [2.05, 4.69) is 0 Å². The van der Waals surface area contributed by atoms with E-state index in [9.17, 15) is 13.2 Å². The van der Waals surface area contributed by atoms with Crippen molar-refractivity contribution in [2.24, 2.45) is 0 Å². The third-order valence-electron chi connectivity index (χ3n) is 3.77. The molecule has 24 heavy (non-hydrogen) atoms. The number of carbonyl (C=O) groups is 1. The minimum Gasteiger partial charge on any atom is -0.495 e. The van der Waals surface area contributed by atoms with E-state index in [1.165, 1.54) is 13.2 Å². The number of benzene rings is 1. The van der Waals surface area contributed by atoms with E-state index in [1.54, 1.807) is 24.0 Å². The van der Waals surface area contributed by atoms with Gasteiger partial charge in [0.25, 0.3) is 0 Å². The highest BCUT2D eigenvalue weighted by molar-refractivity contribution is 7.92. The molecule has 7 nitrogen and oxygen atoms in total. The maximum absolute atomic E-state index is 12.7. The molecule has 1 aliphatic heterocycles. The highest BCUT2D eigenvalue weighted by Crippen LogP contribution is 2.34. The maximum Gasteiger partial charge on any atom is 0.246 e. The van der Waals surface area contributed by atoms with Crippen LogP contribution in [-0.2, 0) is 19.6 Å². The van der Waals surface area contributed by atoms with Gasteiger partial charge in [-0.3, -0.25) is 9.10 Å². The van der Waals surface area contributed by atoms with Crippen molar-refractivity contribution in [3.8, 4) is 5.75 Å². The number of amides is 1. The van der Waals surface area contributed by atoms with Crippen molar-refractivity contribution in [3.63, 3.8) is 0 Å². The number of hydrogen-bond donors (Lipinski definition) is 0. The monoisotopic (exact) mass is 376 g/mol. The van der Waals surface area contributed by atoms with Crippen LogP contribution in [0.1, 0.15) is 6.92 Å². The molecule has 1 amide bonds. The summed E-state index contributed by atoms with van der Waals surface area (Å²) < 4.78 is 36.3. The van der Waals surface area contributed by atoms with E-state index in [-0.39, 0.29) is 11.6 Å². The summed E-state index contributed by atoms with van der Waals surface area (Å²) >= 11 is 6.01. The molecule has 1 heterocycles. The van der Waals surface area contributed by atoms with Crippen LogP contribution in [0.5, 0.6) is 5.75 Å². The molecule has 1 atom stereocenters. The van der Waals surface area contributed by atoms with Gasteiger partial charge >= 0.3 is 0 Å². The topological polar surface area (TPSA) is 76.2 Å². The summed E-state index contributed by atoms with van der Waals surface area (Å²) in [7, 11) is -2.30. The van der Waals surface area contributed by atoms with Crippen LogP contribution in [0.4, 0.5) is 5.69 Å². The van der Waals surface area contributed by atoms with Crippen molar-refractivity contribution < 1.29 is 22.7 Å². The molecule has 0 radical (unpaired) electrons. The summed E-state index contributed by atoms with van der Waals surface area (Å²) in [6.45, 7) is 3.32. The normalized spacial score (nSPS) is 16.6. The maximum atomic E-state index is 12.7. The third-order valence-corrected chi connectivity index (χ3v) is 5.23. The van der Waals surface area contributed by atoms with Crippen molar-refractivity contribution in [2.45, 2.75) is 13.0 Å². The number of halogens is 1. The van der Waals surface area contributed by atoms with Gasteiger partial charge in [0, 0.05) is 18.1 Å². The van der Waals surface area contributed by atoms with E-state index >= 15 is 0 Å². The SMILES string of the molecule is COc1ccc(Cl)cc1N(C(C)C(=O)N1CCOCC1)S(C)(=O)=O. The summed E-state index contributed by atoms with van der Waals surface area (Å²) in [5.41, 5.74) is 0.238. The quantitative estimate of drug-likeness (QED) is 0.775. The summed E-state index contributed by atoms with van der Waals surface area (Å²) in [5.74, 6) is 0.0391. The zero-order valence-corrected chi connectivity index (χ0v) is 15.4. The molecular weight excluding hydrogens is 356 g/mol. The Bertz CT molecular complexity index is 704. The Morgan fingerprint density at radius 2 is 2.00 bits per heavy atom. The number of sulfonamides is 1. The Morgan fingerprint density at radius 1 is 1.38 bits per heavy atom. The van der Waals surface area contributed by atoms with Crippen LogP contribution >= 0.6 is 11.6 Å². The van der Waals surface area contributed by atoms with Crippen LogP contribution in [0.25, 0.3) is 0 Å². The summed E-state index contributed by atoms with van der Waals surface area (Å²) in [6, 6.07) is 3.72. The Labute approximate surface area is 147 Å². The zero-order chi connectivity index (χ0) is 17.9. The van der Waals surface area contributed by atoms with E-state index in [4.69, 9.17) is 21.1 Å². The van der Waals surface area contributed by atoms with Gasteiger partial charge in [0.15, 0.2) is 0 Å². The Kier molecular flexibility index (Phi) is 5.95. The molecule has 0 N–H and O–H groups in total. The average Bonchev–Trinajstić information content (AvgIpc) is 2.54. The summed E-state index contributed by atoms with van der Waals surface area (Å²) in [5, 5.41) is 0.352. The lowest BCUT2D eigenvalue weighted by molar-refractivity contribution is -0.136. The third kappa shape index (κ3) is 4.12. The van der Waals surface area contributed by atoms with E-state index in [1.807, 2.05) is 0 Å². The van der Waals surface area contributed by atoms with E-state index < -0.39 is 16.1 Å². The van der Waals surface area contributed by atoms with Gasteiger partial charge in [-0.15, -0.1) is 0 Å². The highest BCUT2D eigenvalue weighted by Gasteiger charge is 2.34. The molecule has 1 aromatic carbocycles. The zero-order valence-electron chi connectivity index (χ0n) is 13.9. The fourth-order valence-corrected chi connectivity index (χ4v) is 3.99. The first kappa shape index (κ1) is 18.8. The van der Waals surface area contributed by atoms with Crippen LogP contribution in [0.2, 0.25) is 5.02 Å². The van der Waals surface area contributed by atoms with Crippen LogP contribution in [0, 0.1) is 0 Å². The number of carbonyl (C=O) groups excluding carboxylic acids is 1. The lowest BCUT2D eigenvalue weighted by Crippen LogP contribution is -2.52. The molecule has 0 aliphatic carbocycles. The smallest absolute Gasteiger partial charge is 0.246 e. The number of rotatable bonds is 5. The standard InChI is InChI=1S/C15H21ClN2O5S/c1-11(15(19)17-6-8-23-9-7-17)18(24(3,20)21)13-10-12(16)4-5-14(13)22-2/h4-5,10-11H,6-9H2,1-3H3. The molecule has 0 bridgehead atoms. The molecule has 1 unspecified atom stereocenters. The predicted molar refractivity (Wildman–Crippen MR) is 92.2 cm³/mol. The summed E-state index contributed by atoms with van der Waals surface area (Å²) in [4.78, 5) is 14.3. The molecular formula is C15H21ClN2O5S. The number of anilines is 1. The van der Waals surface area contributed by atoms with Gasteiger partial charge < -0.3 is 14.4 Å². The molecule has 0 aromatic heterocycles. The van der Waals surface area contributed by atoms with Gasteiger partial charge in [-0.1, -0.05) is 11.6 Å². The van der Waals surface area contributed by atoms with Gasteiger partial charge in [-0.05, 0) is 25.1 Å². The predicted octanol–water partition coefficient (Wildman–Crippen LogP) is 1.36. The fourth-order valence-electron chi connectivity index (χ4n) is 2.66. The number of methoxy groups -OCH3 is 1. The van der Waals surface area contributed by atoms with Crippen LogP contribution < -0.4 is 9.04 Å². The van der Waals surface area contributed by atoms with Gasteiger partial charge in [0.2, 0.25) is 15.9 Å². The molecule has 0 saturated carbocycles. The Hall–Kier alpha value is -1.51. The largest absolute Gasteiger partial charge is 0.495 e. The lowest BCUT2D eigenvalue weighted by atomic mass is 10.2. The minimum atomic E-state index is -3.73. The second kappa shape index (κ2) is 7.58. The highest BCUT2D eigenvalue weighted by atomic mass is 35.5. The first-order chi connectivity index (χ1) is 11.3. The molecule has 1 saturated heterocycles. The molecule has 134 valence electrons. The fraction of sp³-hybridized carbons (Fsp3) is 0.533. The molecule has 9 heteroatoms. The second-order valence-electron chi connectivity index (χ2n) is 5.49. The molecule has 1 fully saturated rings. The average molecular weight is 377 g/mol. The van der Waals surface area contributed by atoms with Crippen LogP contribution in [-0.4, -0.2) is 64.9 Å². The van der Waals surface area contributed by atoms with Gasteiger partial charge in [-0.25, -0.2) is 8.42 Å².